The van der Waals surface area contributed by atoms with E-state index >= 15 is 0 Å². The van der Waals surface area contributed by atoms with Crippen LogP contribution in [0, 0.1) is 0 Å². The number of ether oxygens (including phenoxy) is 1. The summed E-state index contributed by atoms with van der Waals surface area (Å²) in [5.74, 6) is -2.36. The van der Waals surface area contributed by atoms with Crippen LogP contribution in [0.1, 0.15) is 258 Å². The third-order valence-corrected chi connectivity index (χ3v) is 12.9. The number of allylic oxidation sites excluding steroid dienone is 6. The van der Waals surface area contributed by atoms with Crippen LogP contribution < -0.4 is 5.32 Å². The number of carboxylic acids is 1. The number of phosphoric acid groups is 1. The molecular formula is C54H100NO10P. The number of aliphatic hydroxyl groups excluding tert-OH is 1. The van der Waals surface area contributed by atoms with Gasteiger partial charge in [0.15, 0.2) is 6.04 Å². The number of amides is 1. The first kappa shape index (κ1) is 63.7. The van der Waals surface area contributed by atoms with E-state index in [1.807, 2.05) is 0 Å². The number of unbranched alkanes of at least 4 members (excludes halogenated alkanes) is 31. The van der Waals surface area contributed by atoms with Crippen molar-refractivity contribution in [2.24, 2.45) is 0 Å². The summed E-state index contributed by atoms with van der Waals surface area (Å²) in [6, 6.07) is -1.55. The van der Waals surface area contributed by atoms with Crippen molar-refractivity contribution in [3.05, 3.63) is 36.5 Å². The molecule has 0 aliphatic rings. The lowest BCUT2D eigenvalue weighted by atomic mass is 10.0. The number of carbonyl (C=O) groups excluding carboxylic acids is 2. The van der Waals surface area contributed by atoms with Crippen molar-refractivity contribution in [2.45, 2.75) is 270 Å². The van der Waals surface area contributed by atoms with Crippen LogP contribution in [-0.4, -0.2) is 64.9 Å². The van der Waals surface area contributed by atoms with Gasteiger partial charge in [-0.1, -0.05) is 211 Å². The molecule has 0 heterocycles. The van der Waals surface area contributed by atoms with E-state index in [1.165, 1.54) is 173 Å². The SMILES string of the molecule is CCCCC/C=C\C/C=C\CCCCCCCCCCCCCC(=O)OCC(O)COP(=O)(O)OCC(NC(=O)CCCCCCCCCCCCC/C=C/CCCCCCCC)C(=O)O. The van der Waals surface area contributed by atoms with Crippen molar-refractivity contribution in [1.82, 2.24) is 5.32 Å². The van der Waals surface area contributed by atoms with Gasteiger partial charge in [0, 0.05) is 12.8 Å². The van der Waals surface area contributed by atoms with E-state index in [0.29, 0.717) is 12.8 Å². The summed E-state index contributed by atoms with van der Waals surface area (Å²) in [6.07, 6.45) is 55.9. The number of aliphatic hydroxyl groups is 1. The third kappa shape index (κ3) is 48.2. The maximum absolute atomic E-state index is 12.4. The van der Waals surface area contributed by atoms with Gasteiger partial charge in [-0.05, 0) is 70.6 Å². The topological polar surface area (TPSA) is 169 Å². The Hall–Kier alpha value is -2.30. The Morgan fingerprint density at radius 3 is 1.27 bits per heavy atom. The molecule has 0 rings (SSSR count). The van der Waals surface area contributed by atoms with Crippen molar-refractivity contribution >= 4 is 25.7 Å². The van der Waals surface area contributed by atoms with Gasteiger partial charge in [-0.15, -0.1) is 0 Å². The summed E-state index contributed by atoms with van der Waals surface area (Å²) < 4.78 is 27.0. The minimum Gasteiger partial charge on any atom is -0.480 e. The van der Waals surface area contributed by atoms with Crippen LogP contribution in [0.15, 0.2) is 36.5 Å². The Morgan fingerprint density at radius 2 is 0.833 bits per heavy atom. The number of hydrogen-bond acceptors (Lipinski definition) is 8. The van der Waals surface area contributed by atoms with E-state index < -0.39 is 57.6 Å². The van der Waals surface area contributed by atoms with Crippen LogP contribution in [-0.2, 0) is 32.7 Å². The number of carbonyl (C=O) groups is 3. The lowest BCUT2D eigenvalue weighted by Gasteiger charge is -2.18. The summed E-state index contributed by atoms with van der Waals surface area (Å²) in [7, 11) is -4.76. The average Bonchev–Trinajstić information content (AvgIpc) is 3.29. The first-order valence-corrected chi connectivity index (χ1v) is 28.5. The number of esters is 1. The fourth-order valence-corrected chi connectivity index (χ4v) is 8.47. The van der Waals surface area contributed by atoms with Crippen LogP contribution in [0.3, 0.4) is 0 Å². The summed E-state index contributed by atoms with van der Waals surface area (Å²) in [6.45, 7) is 2.61. The molecule has 3 unspecified atom stereocenters. The van der Waals surface area contributed by atoms with Crippen LogP contribution in [0.25, 0.3) is 0 Å². The number of carboxylic acid groups (broad SMARTS) is 1. The summed E-state index contributed by atoms with van der Waals surface area (Å²) >= 11 is 0. The number of phosphoric ester groups is 1. The molecule has 4 N–H and O–H groups in total. The summed E-state index contributed by atoms with van der Waals surface area (Å²) in [4.78, 5) is 46.2. The molecule has 0 saturated carbocycles. The Kier molecular flexibility index (Phi) is 47.4. The zero-order valence-electron chi connectivity index (χ0n) is 42.3. The summed E-state index contributed by atoms with van der Waals surface area (Å²) in [5, 5.41) is 22.0. The van der Waals surface area contributed by atoms with E-state index in [2.05, 4.69) is 55.6 Å². The molecule has 386 valence electrons. The molecule has 11 nitrogen and oxygen atoms in total. The highest BCUT2D eigenvalue weighted by Crippen LogP contribution is 2.43. The molecule has 0 fully saturated rings. The van der Waals surface area contributed by atoms with Gasteiger partial charge in [-0.2, -0.15) is 0 Å². The second-order valence-corrected chi connectivity index (χ2v) is 19.9. The molecule has 0 aromatic heterocycles. The fourth-order valence-electron chi connectivity index (χ4n) is 7.70. The van der Waals surface area contributed by atoms with Gasteiger partial charge in [0.25, 0.3) is 0 Å². The fraction of sp³-hybridized carbons (Fsp3) is 0.833. The highest BCUT2D eigenvalue weighted by atomic mass is 31.2. The van der Waals surface area contributed by atoms with Crippen molar-refractivity contribution < 1.29 is 47.8 Å². The van der Waals surface area contributed by atoms with Gasteiger partial charge < -0.3 is 25.2 Å². The molecule has 0 aliphatic heterocycles. The Balaban J connectivity index is 3.79. The number of rotatable bonds is 51. The van der Waals surface area contributed by atoms with E-state index in [9.17, 15) is 34.1 Å². The third-order valence-electron chi connectivity index (χ3n) is 11.9. The van der Waals surface area contributed by atoms with Gasteiger partial charge in [0.2, 0.25) is 5.91 Å². The first-order chi connectivity index (χ1) is 32.1. The molecule has 12 heteroatoms. The van der Waals surface area contributed by atoms with Gasteiger partial charge >= 0.3 is 19.8 Å². The molecular weight excluding hydrogens is 854 g/mol. The van der Waals surface area contributed by atoms with Gasteiger partial charge in [0.05, 0.1) is 13.2 Å². The largest absolute Gasteiger partial charge is 0.480 e. The Morgan fingerprint density at radius 1 is 0.485 bits per heavy atom. The average molecular weight is 954 g/mol. The molecule has 3 atom stereocenters. The molecule has 66 heavy (non-hydrogen) atoms. The highest BCUT2D eigenvalue weighted by molar-refractivity contribution is 7.47. The van der Waals surface area contributed by atoms with Crippen LogP contribution >= 0.6 is 7.82 Å². The molecule has 0 bridgehead atoms. The smallest absolute Gasteiger partial charge is 0.472 e. The minimum absolute atomic E-state index is 0.146. The van der Waals surface area contributed by atoms with Gasteiger partial charge in [-0.3, -0.25) is 18.6 Å². The monoisotopic (exact) mass is 954 g/mol. The Bertz CT molecular complexity index is 1260. The second-order valence-electron chi connectivity index (χ2n) is 18.4. The van der Waals surface area contributed by atoms with Crippen LogP contribution in [0.4, 0.5) is 0 Å². The van der Waals surface area contributed by atoms with Gasteiger partial charge in [0.1, 0.15) is 12.7 Å². The van der Waals surface area contributed by atoms with E-state index in [0.717, 1.165) is 44.9 Å². The van der Waals surface area contributed by atoms with Crippen LogP contribution in [0.5, 0.6) is 0 Å². The van der Waals surface area contributed by atoms with E-state index in [-0.39, 0.29) is 12.8 Å². The van der Waals surface area contributed by atoms with Crippen molar-refractivity contribution in [1.29, 1.82) is 0 Å². The summed E-state index contributed by atoms with van der Waals surface area (Å²) in [5.41, 5.74) is 0. The molecule has 0 aromatic rings. The zero-order valence-corrected chi connectivity index (χ0v) is 43.2. The van der Waals surface area contributed by atoms with Crippen molar-refractivity contribution in [3.63, 3.8) is 0 Å². The molecule has 0 aromatic carbocycles. The normalized spacial score (nSPS) is 13.8. The number of nitrogens with one attached hydrogen (secondary N) is 1. The Labute approximate surface area is 403 Å². The quantitative estimate of drug-likeness (QED) is 0.0199. The first-order valence-electron chi connectivity index (χ1n) is 27.0. The molecule has 0 saturated heterocycles. The predicted octanol–water partition coefficient (Wildman–Crippen LogP) is 15.1. The second kappa shape index (κ2) is 49.1. The van der Waals surface area contributed by atoms with E-state index in [4.69, 9.17) is 13.8 Å². The predicted molar refractivity (Wildman–Crippen MR) is 272 cm³/mol. The van der Waals surface area contributed by atoms with Gasteiger partial charge in [-0.25, -0.2) is 9.36 Å². The molecule has 0 aliphatic carbocycles. The van der Waals surface area contributed by atoms with E-state index in [1.54, 1.807) is 0 Å². The maximum atomic E-state index is 12.4. The maximum Gasteiger partial charge on any atom is 0.472 e. The van der Waals surface area contributed by atoms with Crippen molar-refractivity contribution in [2.75, 3.05) is 19.8 Å². The molecule has 0 spiro atoms. The number of hydrogen-bond donors (Lipinski definition) is 4. The minimum atomic E-state index is -4.76. The van der Waals surface area contributed by atoms with Crippen LogP contribution in [0.2, 0.25) is 0 Å². The standard InChI is InChI=1S/C54H100NO10P/c1-3-5-7-9-11-13-15-17-19-21-23-25-27-29-31-33-35-37-39-41-43-45-52(57)55-51(54(59)60)49-65-66(61,62)64-48-50(56)47-63-53(58)46-44-42-40-38-36-34-32-30-28-26-24-22-20-18-16-14-12-10-8-6-4-2/h12,14,17-20,50-51,56H,3-11,13,15-16,21-49H2,1-2H3,(H,55,57)(H,59,60)(H,61,62)/b14-12-,19-17+,20-18-. The lowest BCUT2D eigenvalue weighted by molar-refractivity contribution is -0.147. The molecule has 1 amide bonds. The zero-order chi connectivity index (χ0) is 48.4. The van der Waals surface area contributed by atoms with Crippen molar-refractivity contribution in [3.8, 4) is 0 Å². The number of aliphatic carboxylic acids is 1. The molecule has 0 radical (unpaired) electrons. The highest BCUT2D eigenvalue weighted by Gasteiger charge is 2.28. The lowest BCUT2D eigenvalue weighted by Crippen LogP contribution is -2.43.